The molecular weight excluding hydrogens is 334 g/mol. The number of methoxy groups -OCH3 is 1. The van der Waals surface area contributed by atoms with Crippen molar-refractivity contribution in [2.24, 2.45) is 0 Å². The first-order valence-electron chi connectivity index (χ1n) is 8.55. The standard InChI is InChI=1S/C20H25NO5/c1-4-21(13-15-7-9-17(22)19(11-15)26-5-2)12-14-6-8-16(18(23)10-14)20(24)25-3/h6-11,22-23H,4-5,12-13H2,1-3H3. The molecule has 0 bridgehead atoms. The Hall–Kier alpha value is -2.73. The fraction of sp³-hybridized carbons (Fsp3) is 0.350. The Labute approximate surface area is 153 Å². The molecular formula is C20H25NO5. The van der Waals surface area contributed by atoms with Crippen molar-refractivity contribution in [3.8, 4) is 17.2 Å². The molecule has 0 atom stereocenters. The maximum absolute atomic E-state index is 11.6. The van der Waals surface area contributed by atoms with E-state index >= 15 is 0 Å². The number of benzene rings is 2. The molecule has 0 aliphatic heterocycles. The highest BCUT2D eigenvalue weighted by Gasteiger charge is 2.13. The first-order chi connectivity index (χ1) is 12.5. The topological polar surface area (TPSA) is 79.2 Å². The van der Waals surface area contributed by atoms with Crippen LogP contribution in [0.3, 0.4) is 0 Å². The summed E-state index contributed by atoms with van der Waals surface area (Å²) in [6, 6.07) is 10.3. The van der Waals surface area contributed by atoms with Crippen molar-refractivity contribution in [2.45, 2.75) is 26.9 Å². The minimum absolute atomic E-state index is 0.0892. The second-order valence-corrected chi connectivity index (χ2v) is 5.88. The van der Waals surface area contributed by atoms with Gasteiger partial charge in [-0.05, 0) is 48.9 Å². The van der Waals surface area contributed by atoms with Crippen LogP contribution in [0.4, 0.5) is 0 Å². The van der Waals surface area contributed by atoms with Crippen molar-refractivity contribution in [1.82, 2.24) is 4.90 Å². The fourth-order valence-electron chi connectivity index (χ4n) is 2.68. The van der Waals surface area contributed by atoms with Crippen molar-refractivity contribution in [1.29, 1.82) is 0 Å². The van der Waals surface area contributed by atoms with Gasteiger partial charge in [0.1, 0.15) is 11.3 Å². The number of carbonyl (C=O) groups excluding carboxylic acids is 1. The third-order valence-corrected chi connectivity index (χ3v) is 4.05. The lowest BCUT2D eigenvalue weighted by atomic mass is 10.1. The SMILES string of the molecule is CCOc1cc(CN(CC)Cc2ccc(C(=O)OC)c(O)c2)ccc1O. The smallest absolute Gasteiger partial charge is 0.341 e. The van der Waals surface area contributed by atoms with Gasteiger partial charge in [0, 0.05) is 13.1 Å². The molecule has 140 valence electrons. The van der Waals surface area contributed by atoms with Gasteiger partial charge >= 0.3 is 5.97 Å². The van der Waals surface area contributed by atoms with E-state index in [1.54, 1.807) is 24.3 Å². The predicted octanol–water partition coefficient (Wildman–Crippen LogP) is 3.31. The van der Waals surface area contributed by atoms with Crippen LogP contribution in [0.5, 0.6) is 17.2 Å². The molecule has 0 heterocycles. The first kappa shape index (κ1) is 19.6. The summed E-state index contributed by atoms with van der Waals surface area (Å²) in [6.45, 7) is 6.47. The van der Waals surface area contributed by atoms with Crippen LogP contribution < -0.4 is 4.74 Å². The van der Waals surface area contributed by atoms with Crippen molar-refractivity contribution < 1.29 is 24.5 Å². The summed E-state index contributed by atoms with van der Waals surface area (Å²) in [5, 5.41) is 19.8. The lowest BCUT2D eigenvalue weighted by molar-refractivity contribution is 0.0597. The van der Waals surface area contributed by atoms with Gasteiger partial charge in [0.05, 0.1) is 13.7 Å². The molecule has 0 unspecified atom stereocenters. The Morgan fingerprint density at radius 3 is 2.23 bits per heavy atom. The Bertz CT molecular complexity index is 760. The van der Waals surface area contributed by atoms with Gasteiger partial charge in [-0.15, -0.1) is 0 Å². The molecule has 6 heteroatoms. The van der Waals surface area contributed by atoms with Crippen LogP contribution in [-0.2, 0) is 17.8 Å². The van der Waals surface area contributed by atoms with Gasteiger partial charge in [-0.3, -0.25) is 4.90 Å². The summed E-state index contributed by atoms with van der Waals surface area (Å²) in [7, 11) is 1.28. The van der Waals surface area contributed by atoms with Crippen molar-refractivity contribution >= 4 is 5.97 Å². The van der Waals surface area contributed by atoms with Gasteiger partial charge in [-0.1, -0.05) is 19.1 Å². The minimum Gasteiger partial charge on any atom is -0.507 e. The Morgan fingerprint density at radius 2 is 1.65 bits per heavy atom. The largest absolute Gasteiger partial charge is 0.507 e. The molecule has 0 saturated heterocycles. The van der Waals surface area contributed by atoms with Gasteiger partial charge in [-0.25, -0.2) is 4.79 Å². The van der Waals surface area contributed by atoms with Crippen LogP contribution in [0.15, 0.2) is 36.4 Å². The summed E-state index contributed by atoms with van der Waals surface area (Å²) in [5.41, 5.74) is 2.06. The Kier molecular flexibility index (Phi) is 6.86. The van der Waals surface area contributed by atoms with Crippen LogP contribution in [0.25, 0.3) is 0 Å². The molecule has 0 aliphatic carbocycles. The van der Waals surface area contributed by atoms with E-state index in [1.807, 2.05) is 26.0 Å². The van der Waals surface area contributed by atoms with Crippen molar-refractivity contribution in [3.63, 3.8) is 0 Å². The van der Waals surface area contributed by atoms with Crippen LogP contribution >= 0.6 is 0 Å². The highest BCUT2D eigenvalue weighted by molar-refractivity contribution is 5.92. The maximum atomic E-state index is 11.6. The van der Waals surface area contributed by atoms with E-state index in [9.17, 15) is 15.0 Å². The Balaban J connectivity index is 2.11. The molecule has 0 amide bonds. The van der Waals surface area contributed by atoms with E-state index in [4.69, 9.17) is 4.74 Å². The van der Waals surface area contributed by atoms with Gasteiger partial charge < -0.3 is 19.7 Å². The second kappa shape index (κ2) is 9.10. The third-order valence-electron chi connectivity index (χ3n) is 4.05. The lowest BCUT2D eigenvalue weighted by Gasteiger charge is -2.21. The van der Waals surface area contributed by atoms with Gasteiger partial charge in [0.2, 0.25) is 0 Å². The van der Waals surface area contributed by atoms with Crippen LogP contribution in [0, 0.1) is 0 Å². The molecule has 2 aromatic carbocycles. The highest BCUT2D eigenvalue weighted by Crippen LogP contribution is 2.28. The maximum Gasteiger partial charge on any atom is 0.341 e. The fourth-order valence-corrected chi connectivity index (χ4v) is 2.68. The molecule has 0 aromatic heterocycles. The van der Waals surface area contributed by atoms with Gasteiger partial charge in [0.15, 0.2) is 11.5 Å². The Morgan fingerprint density at radius 1 is 1.00 bits per heavy atom. The van der Waals surface area contributed by atoms with E-state index in [0.717, 1.165) is 17.7 Å². The quantitative estimate of drug-likeness (QED) is 0.704. The average Bonchev–Trinajstić information content (AvgIpc) is 2.63. The summed E-state index contributed by atoms with van der Waals surface area (Å²) in [6.07, 6.45) is 0. The molecule has 26 heavy (non-hydrogen) atoms. The molecule has 0 radical (unpaired) electrons. The zero-order valence-corrected chi connectivity index (χ0v) is 15.4. The number of hydrogen-bond donors (Lipinski definition) is 2. The number of carbonyl (C=O) groups is 1. The van der Waals surface area contributed by atoms with Crippen molar-refractivity contribution in [2.75, 3.05) is 20.3 Å². The van der Waals surface area contributed by atoms with Gasteiger partial charge in [0.25, 0.3) is 0 Å². The van der Waals surface area contributed by atoms with E-state index in [1.165, 1.54) is 7.11 Å². The van der Waals surface area contributed by atoms with E-state index in [-0.39, 0.29) is 17.1 Å². The van der Waals surface area contributed by atoms with Crippen LogP contribution in [0.2, 0.25) is 0 Å². The number of ether oxygens (including phenoxy) is 2. The number of phenols is 2. The molecule has 2 aromatic rings. The molecule has 0 spiro atoms. The van der Waals surface area contributed by atoms with Crippen LogP contribution in [0.1, 0.15) is 35.3 Å². The van der Waals surface area contributed by atoms with E-state index in [0.29, 0.717) is 25.4 Å². The second-order valence-electron chi connectivity index (χ2n) is 5.88. The van der Waals surface area contributed by atoms with E-state index in [2.05, 4.69) is 9.64 Å². The average molecular weight is 359 g/mol. The molecule has 6 nitrogen and oxygen atoms in total. The predicted molar refractivity (Wildman–Crippen MR) is 98.5 cm³/mol. The number of aromatic hydroxyl groups is 2. The zero-order chi connectivity index (χ0) is 19.1. The number of rotatable bonds is 8. The number of phenolic OH excluding ortho intramolecular Hbond substituents is 2. The molecule has 0 aliphatic rings. The van der Waals surface area contributed by atoms with Crippen LogP contribution in [-0.4, -0.2) is 41.3 Å². The van der Waals surface area contributed by atoms with Crippen molar-refractivity contribution in [3.05, 3.63) is 53.1 Å². The minimum atomic E-state index is -0.561. The summed E-state index contributed by atoms with van der Waals surface area (Å²) < 4.78 is 10.1. The number of esters is 1. The molecule has 0 fully saturated rings. The monoisotopic (exact) mass is 359 g/mol. The third kappa shape index (κ3) is 4.89. The normalized spacial score (nSPS) is 10.8. The van der Waals surface area contributed by atoms with Gasteiger partial charge in [-0.2, -0.15) is 0 Å². The molecule has 2 N–H and O–H groups in total. The lowest BCUT2D eigenvalue weighted by Crippen LogP contribution is -2.22. The first-order valence-corrected chi connectivity index (χ1v) is 8.55. The number of hydrogen-bond acceptors (Lipinski definition) is 6. The van der Waals surface area contributed by atoms with E-state index < -0.39 is 5.97 Å². The molecule has 0 saturated carbocycles. The summed E-state index contributed by atoms with van der Waals surface area (Å²) in [4.78, 5) is 13.7. The number of nitrogens with zero attached hydrogens (tertiary/aromatic N) is 1. The molecule has 2 rings (SSSR count). The highest BCUT2D eigenvalue weighted by atomic mass is 16.5. The summed E-state index contributed by atoms with van der Waals surface area (Å²) in [5.74, 6) is -0.0503. The summed E-state index contributed by atoms with van der Waals surface area (Å²) >= 11 is 0. The zero-order valence-electron chi connectivity index (χ0n) is 15.4.